The molecule has 0 saturated heterocycles. The molecule has 0 radical (unpaired) electrons. The summed E-state index contributed by atoms with van der Waals surface area (Å²) in [6.07, 6.45) is 1.64. The van der Waals surface area contributed by atoms with Crippen LogP contribution in [-0.4, -0.2) is 34.5 Å². The van der Waals surface area contributed by atoms with E-state index in [4.69, 9.17) is 4.42 Å². The molecule has 3 rings (SSSR count). The van der Waals surface area contributed by atoms with Gasteiger partial charge in [-0.3, -0.25) is 9.20 Å². The Morgan fingerprint density at radius 2 is 1.76 bits per heavy atom. The maximum atomic E-state index is 12.2. The number of nitrogens with zero attached hydrogens (tertiary/aromatic N) is 2. The van der Waals surface area contributed by atoms with Gasteiger partial charge in [0.2, 0.25) is 5.89 Å². The molecular weight excluding hydrogens is 499 g/mol. The van der Waals surface area contributed by atoms with Gasteiger partial charge in [-0.25, -0.2) is 4.98 Å². The van der Waals surface area contributed by atoms with Crippen molar-refractivity contribution >= 4 is 40.7 Å². The molecule has 0 amide bonds. The molecule has 1 atom stereocenters. The number of aromatic nitrogens is 1. The first-order valence-electron chi connectivity index (χ1n) is 9.08. The zero-order valence-corrected chi connectivity index (χ0v) is 19.4. The van der Waals surface area contributed by atoms with Gasteiger partial charge in [-0.1, -0.05) is 48.5 Å². The van der Waals surface area contributed by atoms with Gasteiger partial charge in [0.05, 0.1) is 12.2 Å². The normalized spacial score (nSPS) is 12.1. The highest BCUT2D eigenvalue weighted by atomic mass is 127. The minimum atomic E-state index is -0.920. The van der Waals surface area contributed by atoms with Crippen molar-refractivity contribution in [3.05, 3.63) is 78.2 Å². The Balaban J connectivity index is 0.00000300. The molecule has 0 aliphatic rings. The van der Waals surface area contributed by atoms with Crippen molar-refractivity contribution in [2.45, 2.75) is 12.3 Å². The minimum Gasteiger partial charge on any atom is -0.444 e. The van der Waals surface area contributed by atoms with Crippen LogP contribution in [0.2, 0.25) is 0 Å². The summed E-state index contributed by atoms with van der Waals surface area (Å²) in [4.78, 5) is 8.67. The molecule has 2 N–H and O–H groups in total. The standard InChI is InChI=1S/C21H24N4O2S.HI/c1-22-21(23-12-13-28(26)16-17-8-4-2-5-9-17)24-14-19-15-27-20(25-19)18-10-6-3-7-11-18;/h2-11,15H,12-14,16H2,1H3,(H2,22,23,24);1H. The molecule has 0 saturated carbocycles. The fourth-order valence-electron chi connectivity index (χ4n) is 2.61. The van der Waals surface area contributed by atoms with Crippen molar-refractivity contribution < 1.29 is 8.63 Å². The second-order valence-corrected chi connectivity index (χ2v) is 7.71. The molecule has 3 aromatic rings. The fourth-order valence-corrected chi connectivity index (χ4v) is 3.65. The van der Waals surface area contributed by atoms with E-state index < -0.39 is 10.8 Å². The van der Waals surface area contributed by atoms with Crippen LogP contribution in [0.3, 0.4) is 0 Å². The van der Waals surface area contributed by atoms with Crippen LogP contribution in [-0.2, 0) is 23.1 Å². The number of nitrogens with one attached hydrogen (secondary N) is 2. The maximum Gasteiger partial charge on any atom is 0.226 e. The molecule has 0 aliphatic heterocycles. The quantitative estimate of drug-likeness (QED) is 0.268. The van der Waals surface area contributed by atoms with Crippen LogP contribution >= 0.6 is 24.0 Å². The lowest BCUT2D eigenvalue weighted by Gasteiger charge is -2.10. The lowest BCUT2D eigenvalue weighted by molar-refractivity contribution is 0.572. The Morgan fingerprint density at radius 1 is 1.07 bits per heavy atom. The van der Waals surface area contributed by atoms with Crippen LogP contribution in [0.1, 0.15) is 11.3 Å². The number of oxazole rings is 1. The molecule has 8 heteroatoms. The highest BCUT2D eigenvalue weighted by Crippen LogP contribution is 2.17. The molecular formula is C21H25IN4O2S. The van der Waals surface area contributed by atoms with E-state index in [9.17, 15) is 4.21 Å². The van der Waals surface area contributed by atoms with Crippen molar-refractivity contribution in [1.82, 2.24) is 15.6 Å². The van der Waals surface area contributed by atoms with Crippen LogP contribution in [0.15, 0.2) is 76.3 Å². The van der Waals surface area contributed by atoms with Gasteiger partial charge in [0.15, 0.2) is 5.96 Å². The summed E-state index contributed by atoms with van der Waals surface area (Å²) in [5.74, 6) is 2.35. The Kier molecular flexibility index (Phi) is 9.85. The number of hydrogen-bond acceptors (Lipinski definition) is 4. The third kappa shape index (κ3) is 7.62. The van der Waals surface area contributed by atoms with Crippen LogP contribution in [0.25, 0.3) is 11.5 Å². The summed E-state index contributed by atoms with van der Waals surface area (Å²) in [7, 11) is 0.783. The van der Waals surface area contributed by atoms with E-state index in [-0.39, 0.29) is 24.0 Å². The summed E-state index contributed by atoms with van der Waals surface area (Å²) in [5, 5.41) is 6.37. The van der Waals surface area contributed by atoms with Crippen LogP contribution in [0, 0.1) is 0 Å². The lowest BCUT2D eigenvalue weighted by Crippen LogP contribution is -2.38. The Morgan fingerprint density at radius 3 is 2.45 bits per heavy atom. The average Bonchev–Trinajstić information content (AvgIpc) is 3.21. The Bertz CT molecular complexity index is 917. The maximum absolute atomic E-state index is 12.2. The lowest BCUT2D eigenvalue weighted by atomic mass is 10.2. The van der Waals surface area contributed by atoms with E-state index in [2.05, 4.69) is 20.6 Å². The molecule has 154 valence electrons. The van der Waals surface area contributed by atoms with E-state index in [0.717, 1.165) is 16.8 Å². The number of aliphatic imine (C=N–C) groups is 1. The summed E-state index contributed by atoms with van der Waals surface area (Å²) >= 11 is 0. The molecule has 1 aromatic heterocycles. The van der Waals surface area contributed by atoms with Gasteiger partial charge < -0.3 is 15.1 Å². The predicted octanol–water partition coefficient (Wildman–Crippen LogP) is 3.57. The Hall–Kier alpha value is -2.20. The van der Waals surface area contributed by atoms with Gasteiger partial charge in [0.1, 0.15) is 6.26 Å². The first kappa shape index (κ1) is 23.1. The van der Waals surface area contributed by atoms with Crippen LogP contribution in [0.4, 0.5) is 0 Å². The molecule has 0 aliphatic carbocycles. The van der Waals surface area contributed by atoms with Crippen molar-refractivity contribution in [2.75, 3.05) is 19.3 Å². The zero-order valence-electron chi connectivity index (χ0n) is 16.2. The highest BCUT2D eigenvalue weighted by Gasteiger charge is 2.07. The average molecular weight is 524 g/mol. The third-order valence-electron chi connectivity index (χ3n) is 4.03. The number of benzene rings is 2. The predicted molar refractivity (Wildman–Crippen MR) is 129 cm³/mol. The van der Waals surface area contributed by atoms with Gasteiger partial charge >= 0.3 is 0 Å². The molecule has 0 fully saturated rings. The van der Waals surface area contributed by atoms with Crippen molar-refractivity contribution in [3.63, 3.8) is 0 Å². The summed E-state index contributed by atoms with van der Waals surface area (Å²) < 4.78 is 17.7. The largest absolute Gasteiger partial charge is 0.444 e. The monoisotopic (exact) mass is 524 g/mol. The first-order valence-corrected chi connectivity index (χ1v) is 10.6. The summed E-state index contributed by atoms with van der Waals surface area (Å²) in [6.45, 7) is 1.07. The van der Waals surface area contributed by atoms with Gasteiger partial charge in [-0.05, 0) is 17.7 Å². The second-order valence-electron chi connectivity index (χ2n) is 6.14. The minimum absolute atomic E-state index is 0. The van der Waals surface area contributed by atoms with Crippen molar-refractivity contribution in [2.24, 2.45) is 4.99 Å². The number of guanidine groups is 1. The van der Waals surface area contributed by atoms with Gasteiger partial charge in [-0.15, -0.1) is 24.0 Å². The number of halogens is 1. The number of hydrogen-bond donors (Lipinski definition) is 2. The third-order valence-corrected chi connectivity index (χ3v) is 5.34. The van der Waals surface area contributed by atoms with E-state index in [1.54, 1.807) is 13.3 Å². The van der Waals surface area contributed by atoms with Gasteiger partial charge in [0, 0.05) is 41.5 Å². The molecule has 0 spiro atoms. The fraction of sp³-hybridized carbons (Fsp3) is 0.238. The van der Waals surface area contributed by atoms with Crippen LogP contribution in [0.5, 0.6) is 0 Å². The van der Waals surface area contributed by atoms with E-state index in [0.29, 0.717) is 36.4 Å². The summed E-state index contributed by atoms with van der Waals surface area (Å²) in [5.41, 5.74) is 2.82. The molecule has 6 nitrogen and oxygen atoms in total. The topological polar surface area (TPSA) is 79.5 Å². The van der Waals surface area contributed by atoms with Gasteiger partial charge in [-0.2, -0.15) is 0 Å². The van der Waals surface area contributed by atoms with E-state index >= 15 is 0 Å². The molecule has 1 unspecified atom stereocenters. The Labute approximate surface area is 190 Å². The van der Waals surface area contributed by atoms with E-state index in [1.807, 2.05) is 60.7 Å². The van der Waals surface area contributed by atoms with E-state index in [1.165, 1.54) is 0 Å². The van der Waals surface area contributed by atoms with Crippen molar-refractivity contribution in [1.29, 1.82) is 0 Å². The molecule has 0 bridgehead atoms. The summed E-state index contributed by atoms with van der Waals surface area (Å²) in [6, 6.07) is 19.6. The first-order chi connectivity index (χ1) is 13.7. The molecule has 2 aromatic carbocycles. The zero-order chi connectivity index (χ0) is 19.6. The smallest absolute Gasteiger partial charge is 0.226 e. The van der Waals surface area contributed by atoms with Gasteiger partial charge in [0.25, 0.3) is 0 Å². The molecule has 29 heavy (non-hydrogen) atoms. The second kappa shape index (κ2) is 12.4. The SMILES string of the molecule is CN=C(NCCS(=O)Cc1ccccc1)NCc1coc(-c2ccccc2)n1.I. The van der Waals surface area contributed by atoms with Crippen molar-refractivity contribution in [3.8, 4) is 11.5 Å². The van der Waals surface area contributed by atoms with Crippen LogP contribution < -0.4 is 10.6 Å². The number of rotatable bonds is 8. The molecule has 1 heterocycles. The highest BCUT2D eigenvalue weighted by molar-refractivity contribution is 14.0.